The average Bonchev–Trinajstić information content (AvgIpc) is 2.43. The molecule has 0 aliphatic rings. The van der Waals surface area contributed by atoms with E-state index in [9.17, 15) is 0 Å². The first-order valence-electron chi connectivity index (χ1n) is 5.13. The molecule has 0 spiro atoms. The minimum Gasteiger partial charge on any atom is -0.361 e. The van der Waals surface area contributed by atoms with Crippen LogP contribution in [0.2, 0.25) is 0 Å². The molecule has 13 heavy (non-hydrogen) atoms. The van der Waals surface area contributed by atoms with Crippen LogP contribution in [0.4, 0.5) is 0 Å². The van der Waals surface area contributed by atoms with Crippen molar-refractivity contribution in [2.24, 2.45) is 0 Å². The fourth-order valence-corrected chi connectivity index (χ4v) is 1.97. The third-order valence-electron chi connectivity index (χ3n) is 2.63. The van der Waals surface area contributed by atoms with Gasteiger partial charge in [0, 0.05) is 5.56 Å². The second-order valence-corrected chi connectivity index (χ2v) is 3.63. The predicted octanol–water partition coefficient (Wildman–Crippen LogP) is 3.59. The summed E-state index contributed by atoms with van der Waals surface area (Å²) in [7, 11) is 0. The molecule has 2 nitrogen and oxygen atoms in total. The molecule has 0 aliphatic carbocycles. The average molecular weight is 181 g/mol. The third kappa shape index (κ3) is 2.11. The Morgan fingerprint density at radius 1 is 1.31 bits per heavy atom. The lowest BCUT2D eigenvalue weighted by Gasteiger charge is -2.12. The molecule has 0 N–H and O–H groups in total. The lowest BCUT2D eigenvalue weighted by Crippen LogP contribution is -1.99. The fraction of sp³-hybridized carbons (Fsp3) is 0.727. The number of rotatable bonds is 4. The van der Waals surface area contributed by atoms with Gasteiger partial charge < -0.3 is 4.52 Å². The minimum absolute atomic E-state index is 0.635. The molecule has 0 saturated heterocycles. The zero-order valence-corrected chi connectivity index (χ0v) is 9.05. The second-order valence-electron chi connectivity index (χ2n) is 3.63. The van der Waals surface area contributed by atoms with E-state index < -0.39 is 0 Å². The van der Waals surface area contributed by atoms with Gasteiger partial charge in [-0.1, -0.05) is 25.4 Å². The van der Waals surface area contributed by atoms with Gasteiger partial charge >= 0.3 is 0 Å². The Hall–Kier alpha value is -0.790. The van der Waals surface area contributed by atoms with E-state index in [2.05, 4.69) is 19.0 Å². The molecule has 1 unspecified atom stereocenters. The van der Waals surface area contributed by atoms with Crippen LogP contribution in [-0.4, -0.2) is 5.16 Å². The standard InChI is InChI=1S/C11H19NO/c1-5-7-10(6-2)11-8(3)12-13-9(11)4/h10H,5-7H2,1-4H3. The maximum absolute atomic E-state index is 5.17. The van der Waals surface area contributed by atoms with Gasteiger partial charge in [0.1, 0.15) is 5.76 Å². The molecular formula is C11H19NO. The summed E-state index contributed by atoms with van der Waals surface area (Å²) >= 11 is 0. The van der Waals surface area contributed by atoms with Gasteiger partial charge in [0.2, 0.25) is 0 Å². The molecule has 2 heteroatoms. The fourth-order valence-electron chi connectivity index (χ4n) is 1.97. The zero-order chi connectivity index (χ0) is 9.84. The Balaban J connectivity index is 2.89. The molecule has 0 aromatic carbocycles. The topological polar surface area (TPSA) is 26.0 Å². The number of aromatic nitrogens is 1. The van der Waals surface area contributed by atoms with Gasteiger partial charge in [0.25, 0.3) is 0 Å². The highest BCUT2D eigenvalue weighted by Gasteiger charge is 2.17. The lowest BCUT2D eigenvalue weighted by atomic mass is 9.91. The lowest BCUT2D eigenvalue weighted by molar-refractivity contribution is 0.390. The number of aryl methyl sites for hydroxylation is 2. The first kappa shape index (κ1) is 10.3. The maximum atomic E-state index is 5.17. The smallest absolute Gasteiger partial charge is 0.137 e. The SMILES string of the molecule is CCCC(CC)c1c(C)noc1C. The molecule has 1 aromatic heterocycles. The first-order valence-corrected chi connectivity index (χ1v) is 5.13. The van der Waals surface area contributed by atoms with Gasteiger partial charge in [-0.05, 0) is 32.6 Å². The van der Waals surface area contributed by atoms with E-state index in [0.29, 0.717) is 5.92 Å². The van der Waals surface area contributed by atoms with Crippen LogP contribution in [0, 0.1) is 13.8 Å². The predicted molar refractivity (Wildman–Crippen MR) is 53.9 cm³/mol. The summed E-state index contributed by atoms with van der Waals surface area (Å²) in [5.41, 5.74) is 2.40. The number of hydrogen-bond donors (Lipinski definition) is 0. The zero-order valence-electron chi connectivity index (χ0n) is 9.05. The van der Waals surface area contributed by atoms with E-state index in [-0.39, 0.29) is 0 Å². The second kappa shape index (κ2) is 4.45. The van der Waals surface area contributed by atoms with E-state index in [1.165, 1.54) is 24.8 Å². The van der Waals surface area contributed by atoms with Crippen LogP contribution in [0.15, 0.2) is 4.52 Å². The van der Waals surface area contributed by atoms with Crippen molar-refractivity contribution in [2.75, 3.05) is 0 Å². The van der Waals surface area contributed by atoms with Crippen molar-refractivity contribution in [3.8, 4) is 0 Å². The van der Waals surface area contributed by atoms with Crippen molar-refractivity contribution in [3.63, 3.8) is 0 Å². The highest BCUT2D eigenvalue weighted by molar-refractivity contribution is 5.25. The van der Waals surface area contributed by atoms with E-state index in [1.54, 1.807) is 0 Å². The molecule has 0 bridgehead atoms. The molecule has 1 atom stereocenters. The highest BCUT2D eigenvalue weighted by atomic mass is 16.5. The van der Waals surface area contributed by atoms with Crippen LogP contribution < -0.4 is 0 Å². The van der Waals surface area contributed by atoms with Crippen molar-refractivity contribution >= 4 is 0 Å². The van der Waals surface area contributed by atoms with Gasteiger partial charge in [-0.2, -0.15) is 0 Å². The van der Waals surface area contributed by atoms with Gasteiger partial charge in [-0.25, -0.2) is 0 Å². The van der Waals surface area contributed by atoms with E-state index >= 15 is 0 Å². The van der Waals surface area contributed by atoms with E-state index in [4.69, 9.17) is 4.52 Å². The Bertz CT molecular complexity index is 246. The van der Waals surface area contributed by atoms with Gasteiger partial charge in [0.05, 0.1) is 5.69 Å². The molecule has 1 heterocycles. The monoisotopic (exact) mass is 181 g/mol. The van der Waals surface area contributed by atoms with Gasteiger partial charge in [-0.3, -0.25) is 0 Å². The largest absolute Gasteiger partial charge is 0.361 e. The van der Waals surface area contributed by atoms with Gasteiger partial charge in [-0.15, -0.1) is 0 Å². The van der Waals surface area contributed by atoms with Crippen molar-refractivity contribution in [1.82, 2.24) is 5.16 Å². The Labute approximate surface area is 80.3 Å². The number of nitrogens with zero attached hydrogens (tertiary/aromatic N) is 1. The summed E-state index contributed by atoms with van der Waals surface area (Å²) in [5, 5.41) is 3.99. The van der Waals surface area contributed by atoms with Crippen LogP contribution >= 0.6 is 0 Å². The Morgan fingerprint density at radius 3 is 2.38 bits per heavy atom. The van der Waals surface area contributed by atoms with Crippen molar-refractivity contribution in [1.29, 1.82) is 0 Å². The summed E-state index contributed by atoms with van der Waals surface area (Å²) in [6, 6.07) is 0. The van der Waals surface area contributed by atoms with Crippen LogP contribution in [0.3, 0.4) is 0 Å². The van der Waals surface area contributed by atoms with Crippen LogP contribution in [0.1, 0.15) is 56.0 Å². The van der Waals surface area contributed by atoms with Crippen LogP contribution in [0.5, 0.6) is 0 Å². The summed E-state index contributed by atoms with van der Waals surface area (Å²) in [5.74, 6) is 1.63. The first-order chi connectivity index (χ1) is 6.20. The quantitative estimate of drug-likeness (QED) is 0.709. The Kier molecular flexibility index (Phi) is 3.52. The molecule has 0 radical (unpaired) electrons. The summed E-state index contributed by atoms with van der Waals surface area (Å²) < 4.78 is 5.17. The molecular weight excluding hydrogens is 162 g/mol. The Morgan fingerprint density at radius 2 is 2.00 bits per heavy atom. The molecule has 1 aromatic rings. The molecule has 0 amide bonds. The van der Waals surface area contributed by atoms with E-state index in [1.807, 2.05) is 13.8 Å². The normalized spacial score (nSPS) is 13.2. The summed E-state index contributed by atoms with van der Waals surface area (Å²) in [6.45, 7) is 8.49. The minimum atomic E-state index is 0.635. The molecule has 0 saturated carbocycles. The molecule has 1 rings (SSSR count). The summed E-state index contributed by atoms with van der Waals surface area (Å²) in [4.78, 5) is 0. The maximum Gasteiger partial charge on any atom is 0.137 e. The van der Waals surface area contributed by atoms with Crippen molar-refractivity contribution < 1.29 is 4.52 Å². The van der Waals surface area contributed by atoms with Gasteiger partial charge in [0.15, 0.2) is 0 Å². The van der Waals surface area contributed by atoms with Crippen molar-refractivity contribution in [3.05, 3.63) is 17.0 Å². The van der Waals surface area contributed by atoms with Crippen molar-refractivity contribution in [2.45, 2.75) is 52.9 Å². The number of hydrogen-bond acceptors (Lipinski definition) is 2. The van der Waals surface area contributed by atoms with Crippen LogP contribution in [-0.2, 0) is 0 Å². The van der Waals surface area contributed by atoms with E-state index in [0.717, 1.165) is 11.5 Å². The molecule has 74 valence electrons. The molecule has 0 aliphatic heterocycles. The molecule has 0 fully saturated rings. The third-order valence-corrected chi connectivity index (χ3v) is 2.63. The summed E-state index contributed by atoms with van der Waals surface area (Å²) in [6.07, 6.45) is 3.64. The highest BCUT2D eigenvalue weighted by Crippen LogP contribution is 2.29. The van der Waals surface area contributed by atoms with Crippen LogP contribution in [0.25, 0.3) is 0 Å².